The molecule has 2 atom stereocenters. The van der Waals surface area contributed by atoms with Crippen LogP contribution in [0.15, 0.2) is 60.9 Å². The first kappa shape index (κ1) is 20.3. The Morgan fingerprint density at radius 1 is 0.968 bits per heavy atom. The molecule has 4 nitrogen and oxygen atoms in total. The third-order valence-corrected chi connectivity index (χ3v) is 7.26. The molecule has 2 aliphatic rings. The SMILES string of the molecule is Cc1ccc(N2C(=S)N[C@@H](c3ccccn3)[C@@H]2c2cccn2C2CCCCC2)cc1C. The molecule has 1 N–H and O–H groups in total. The van der Waals surface area contributed by atoms with E-state index >= 15 is 0 Å². The van der Waals surface area contributed by atoms with Crippen molar-refractivity contribution in [2.45, 2.75) is 64.1 Å². The van der Waals surface area contributed by atoms with Gasteiger partial charge in [0.15, 0.2) is 5.11 Å². The van der Waals surface area contributed by atoms with Crippen LogP contribution >= 0.6 is 12.2 Å². The summed E-state index contributed by atoms with van der Waals surface area (Å²) in [4.78, 5) is 7.00. The van der Waals surface area contributed by atoms with Crippen LogP contribution in [0, 0.1) is 13.8 Å². The van der Waals surface area contributed by atoms with Crippen molar-refractivity contribution in [1.29, 1.82) is 0 Å². The molecule has 1 saturated heterocycles. The zero-order chi connectivity index (χ0) is 21.4. The first-order valence-electron chi connectivity index (χ1n) is 11.4. The zero-order valence-corrected chi connectivity index (χ0v) is 19.1. The Morgan fingerprint density at radius 2 is 1.81 bits per heavy atom. The molecular weight excluding hydrogens is 400 g/mol. The van der Waals surface area contributed by atoms with Gasteiger partial charge in [-0.3, -0.25) is 4.98 Å². The molecule has 31 heavy (non-hydrogen) atoms. The summed E-state index contributed by atoms with van der Waals surface area (Å²) in [5, 5.41) is 4.37. The fourth-order valence-corrected chi connectivity index (χ4v) is 5.50. The summed E-state index contributed by atoms with van der Waals surface area (Å²) in [5.41, 5.74) is 6.05. The van der Waals surface area contributed by atoms with Gasteiger partial charge in [-0.1, -0.05) is 31.4 Å². The largest absolute Gasteiger partial charge is 0.351 e. The van der Waals surface area contributed by atoms with E-state index in [0.717, 1.165) is 16.5 Å². The third-order valence-electron chi connectivity index (χ3n) is 6.95. The quantitative estimate of drug-likeness (QED) is 0.501. The number of nitrogens with zero attached hydrogens (tertiary/aromatic N) is 3. The van der Waals surface area contributed by atoms with E-state index in [0.29, 0.717) is 6.04 Å². The zero-order valence-electron chi connectivity index (χ0n) is 18.3. The van der Waals surface area contributed by atoms with Crippen molar-refractivity contribution in [3.63, 3.8) is 0 Å². The molecule has 2 aromatic heterocycles. The Kier molecular flexibility index (Phi) is 5.53. The van der Waals surface area contributed by atoms with Gasteiger partial charge in [-0.2, -0.15) is 0 Å². The standard InChI is InChI=1S/C26H30N4S/c1-18-13-14-21(17-19(18)2)30-25(24(28-26(30)31)22-11-6-7-15-27-22)23-12-8-16-29(23)20-9-4-3-5-10-20/h6-8,11-17,20,24-25H,3-5,9-10H2,1-2H3,(H,28,31)/t24-,25-/m0/s1. The molecule has 0 spiro atoms. The monoisotopic (exact) mass is 430 g/mol. The number of thiocarbonyl (C=S) groups is 1. The smallest absolute Gasteiger partial charge is 0.174 e. The maximum Gasteiger partial charge on any atom is 0.174 e. The van der Waals surface area contributed by atoms with Crippen molar-refractivity contribution in [1.82, 2.24) is 14.9 Å². The van der Waals surface area contributed by atoms with Crippen LogP contribution in [0.4, 0.5) is 5.69 Å². The van der Waals surface area contributed by atoms with E-state index in [-0.39, 0.29) is 12.1 Å². The van der Waals surface area contributed by atoms with E-state index < -0.39 is 0 Å². The average molecular weight is 431 g/mol. The van der Waals surface area contributed by atoms with Gasteiger partial charge in [0.05, 0.1) is 11.7 Å². The minimum atomic E-state index is 0.00699. The van der Waals surface area contributed by atoms with E-state index in [9.17, 15) is 0 Å². The number of nitrogens with one attached hydrogen (secondary N) is 1. The van der Waals surface area contributed by atoms with Crippen molar-refractivity contribution < 1.29 is 0 Å². The molecular formula is C26H30N4S. The number of hydrogen-bond acceptors (Lipinski definition) is 2. The second kappa shape index (κ2) is 8.46. The highest BCUT2D eigenvalue weighted by Crippen LogP contribution is 2.43. The van der Waals surface area contributed by atoms with Gasteiger partial charge in [-0.15, -0.1) is 0 Å². The van der Waals surface area contributed by atoms with Gasteiger partial charge in [-0.05, 0) is 86.4 Å². The van der Waals surface area contributed by atoms with Gasteiger partial charge in [0.25, 0.3) is 0 Å². The topological polar surface area (TPSA) is 33.1 Å². The minimum Gasteiger partial charge on any atom is -0.351 e. The number of pyridine rings is 1. The maximum atomic E-state index is 5.90. The second-order valence-corrected chi connectivity index (χ2v) is 9.28. The third kappa shape index (κ3) is 3.76. The summed E-state index contributed by atoms with van der Waals surface area (Å²) >= 11 is 5.90. The summed E-state index contributed by atoms with van der Waals surface area (Å²) in [6, 6.07) is 17.9. The van der Waals surface area contributed by atoms with Crippen molar-refractivity contribution >= 4 is 23.0 Å². The minimum absolute atomic E-state index is 0.00699. The van der Waals surface area contributed by atoms with Crippen LogP contribution in [0.5, 0.6) is 0 Å². The Balaban J connectivity index is 1.62. The van der Waals surface area contributed by atoms with E-state index in [1.54, 1.807) is 0 Å². The molecule has 2 fully saturated rings. The van der Waals surface area contributed by atoms with Gasteiger partial charge in [0.1, 0.15) is 6.04 Å². The Labute approximate surface area is 190 Å². The number of aromatic nitrogens is 2. The van der Waals surface area contributed by atoms with Gasteiger partial charge >= 0.3 is 0 Å². The molecule has 1 aliphatic carbocycles. The normalized spacial score (nSPS) is 22.0. The van der Waals surface area contributed by atoms with E-state index in [4.69, 9.17) is 17.2 Å². The number of benzene rings is 1. The molecule has 0 radical (unpaired) electrons. The van der Waals surface area contributed by atoms with Crippen molar-refractivity contribution in [2.24, 2.45) is 0 Å². The van der Waals surface area contributed by atoms with Crippen molar-refractivity contribution in [3.05, 3.63) is 83.4 Å². The summed E-state index contributed by atoms with van der Waals surface area (Å²) < 4.78 is 2.52. The highest BCUT2D eigenvalue weighted by molar-refractivity contribution is 7.80. The van der Waals surface area contributed by atoms with Crippen LogP contribution in [0.3, 0.4) is 0 Å². The molecule has 5 rings (SSSR count). The lowest BCUT2D eigenvalue weighted by molar-refractivity contribution is 0.340. The number of hydrogen-bond donors (Lipinski definition) is 1. The van der Waals surface area contributed by atoms with Gasteiger partial charge in [-0.25, -0.2) is 0 Å². The molecule has 160 valence electrons. The molecule has 0 bridgehead atoms. The summed E-state index contributed by atoms with van der Waals surface area (Å²) in [5.74, 6) is 0. The van der Waals surface area contributed by atoms with E-state index in [2.05, 4.69) is 77.3 Å². The van der Waals surface area contributed by atoms with Crippen LogP contribution in [-0.4, -0.2) is 14.7 Å². The predicted molar refractivity (Wildman–Crippen MR) is 130 cm³/mol. The summed E-state index contributed by atoms with van der Waals surface area (Å²) in [6.07, 6.45) is 10.6. The Hall–Kier alpha value is -2.66. The van der Waals surface area contributed by atoms with E-state index in [1.807, 2.05) is 12.3 Å². The molecule has 3 heterocycles. The summed E-state index contributed by atoms with van der Waals surface area (Å²) in [7, 11) is 0. The van der Waals surface area contributed by atoms with Crippen molar-refractivity contribution in [3.8, 4) is 0 Å². The van der Waals surface area contributed by atoms with Gasteiger partial charge in [0.2, 0.25) is 0 Å². The molecule has 5 heteroatoms. The van der Waals surface area contributed by atoms with Crippen molar-refractivity contribution in [2.75, 3.05) is 4.90 Å². The first-order chi connectivity index (χ1) is 15.1. The van der Waals surface area contributed by atoms with Crippen LogP contribution in [0.1, 0.15) is 72.7 Å². The van der Waals surface area contributed by atoms with Crippen LogP contribution in [0.25, 0.3) is 0 Å². The van der Waals surface area contributed by atoms with Gasteiger partial charge < -0.3 is 14.8 Å². The predicted octanol–water partition coefficient (Wildman–Crippen LogP) is 6.18. The summed E-state index contributed by atoms with van der Waals surface area (Å²) in [6.45, 7) is 4.32. The second-order valence-electron chi connectivity index (χ2n) is 8.90. The van der Waals surface area contributed by atoms with Gasteiger partial charge in [0, 0.05) is 29.8 Å². The van der Waals surface area contributed by atoms with Crippen LogP contribution in [-0.2, 0) is 0 Å². The fourth-order valence-electron chi connectivity index (χ4n) is 5.16. The Morgan fingerprint density at radius 3 is 2.55 bits per heavy atom. The molecule has 1 aromatic carbocycles. The molecule has 1 aliphatic heterocycles. The lowest BCUT2D eigenvalue weighted by Gasteiger charge is -2.32. The highest BCUT2D eigenvalue weighted by Gasteiger charge is 2.42. The molecule has 0 unspecified atom stereocenters. The molecule has 0 amide bonds. The Bertz CT molecular complexity index is 1070. The number of aryl methyl sites for hydroxylation is 2. The van der Waals surface area contributed by atoms with Crippen LogP contribution in [0.2, 0.25) is 0 Å². The average Bonchev–Trinajstić information content (AvgIpc) is 3.41. The molecule has 3 aromatic rings. The first-order valence-corrected chi connectivity index (χ1v) is 11.8. The maximum absolute atomic E-state index is 5.90. The number of rotatable bonds is 4. The van der Waals surface area contributed by atoms with E-state index in [1.165, 1.54) is 48.9 Å². The number of anilines is 1. The lowest BCUT2D eigenvalue weighted by atomic mass is 9.94. The lowest BCUT2D eigenvalue weighted by Crippen LogP contribution is -2.31. The molecule has 1 saturated carbocycles. The fraction of sp³-hybridized carbons (Fsp3) is 0.385. The van der Waals surface area contributed by atoms with Crippen LogP contribution < -0.4 is 10.2 Å². The highest BCUT2D eigenvalue weighted by atomic mass is 32.1.